The molecule has 0 spiro atoms. The molecular weight excluding hydrogens is 741 g/mol. The molecule has 0 amide bonds. The van der Waals surface area contributed by atoms with Gasteiger partial charge in [0.25, 0.3) is 0 Å². The Morgan fingerprint density at radius 1 is 0.350 bits per heavy atom. The van der Waals surface area contributed by atoms with E-state index in [1.54, 1.807) is 0 Å². The first-order valence-corrected chi connectivity index (χ1v) is 23.0. The maximum atomic E-state index is 2.57. The van der Waals surface area contributed by atoms with Gasteiger partial charge >= 0.3 is 0 Å². The molecule has 0 unspecified atom stereocenters. The molecule has 3 heteroatoms. The molecule has 1 aliphatic rings. The Balaban J connectivity index is 1.13. The van der Waals surface area contributed by atoms with Gasteiger partial charge in [0.1, 0.15) is 0 Å². The van der Waals surface area contributed by atoms with Crippen LogP contribution in [0.4, 0.5) is 0 Å². The number of rotatable bonds is 6. The molecular formula is C57H42N2Si. The zero-order chi connectivity index (χ0) is 40.0. The predicted octanol–water partition coefficient (Wildman–Crippen LogP) is 11.6. The van der Waals surface area contributed by atoms with E-state index in [0.717, 1.165) is 5.69 Å². The fourth-order valence-electron chi connectivity index (χ4n) is 10.9. The number of fused-ring (bicyclic) bond motifs is 10. The van der Waals surface area contributed by atoms with E-state index in [2.05, 4.69) is 241 Å². The summed E-state index contributed by atoms with van der Waals surface area (Å²) >= 11 is 0. The maximum absolute atomic E-state index is 2.92. The summed E-state index contributed by atoms with van der Waals surface area (Å²) in [6, 6.07) is 81.9. The Bertz CT molecular complexity index is 3350. The van der Waals surface area contributed by atoms with Crippen molar-refractivity contribution >= 4 is 72.4 Å². The van der Waals surface area contributed by atoms with Crippen LogP contribution < -0.4 is 20.7 Å². The topological polar surface area (TPSA) is 9.86 Å². The monoisotopic (exact) mass is 782 g/mol. The van der Waals surface area contributed by atoms with E-state index in [1.807, 2.05) is 0 Å². The molecule has 0 saturated carbocycles. The molecule has 9 aromatic carbocycles. The lowest BCUT2D eigenvalue weighted by Gasteiger charge is -2.35. The molecule has 2 nitrogen and oxygen atoms in total. The SMILES string of the molecule is CC1(C)c2ccccc2-c2ccc3c4ccccc4n(-c4cccc([Si](c5ccccc5)(c5ccccc5)c5ccc(-n6c7ccccc7c7ccccc76)cc5)c4)c3c21. The van der Waals surface area contributed by atoms with Crippen LogP contribution in [0.3, 0.4) is 0 Å². The summed E-state index contributed by atoms with van der Waals surface area (Å²) in [5, 5.41) is 10.5. The lowest BCUT2D eigenvalue weighted by Crippen LogP contribution is -2.74. The molecule has 11 aromatic rings. The Kier molecular flexibility index (Phi) is 7.63. The van der Waals surface area contributed by atoms with Crippen molar-refractivity contribution in [3.63, 3.8) is 0 Å². The average molecular weight is 783 g/mol. The number of benzene rings is 9. The first-order chi connectivity index (χ1) is 29.5. The van der Waals surface area contributed by atoms with Crippen LogP contribution in [0.5, 0.6) is 0 Å². The van der Waals surface area contributed by atoms with E-state index in [1.165, 1.54) is 92.3 Å². The molecule has 0 saturated heterocycles. The van der Waals surface area contributed by atoms with Crippen molar-refractivity contribution in [2.45, 2.75) is 19.3 Å². The number of nitrogens with zero attached hydrogens (tertiary/aromatic N) is 2. The smallest absolute Gasteiger partial charge is 0.179 e. The average Bonchev–Trinajstić information content (AvgIpc) is 3.91. The summed E-state index contributed by atoms with van der Waals surface area (Å²) < 4.78 is 4.99. The van der Waals surface area contributed by atoms with E-state index >= 15 is 0 Å². The predicted molar refractivity (Wildman–Crippen MR) is 256 cm³/mol. The van der Waals surface area contributed by atoms with Crippen LogP contribution in [0.15, 0.2) is 218 Å². The number of hydrogen-bond donors (Lipinski definition) is 0. The number of para-hydroxylation sites is 3. The normalized spacial score (nSPS) is 13.3. The molecule has 284 valence electrons. The van der Waals surface area contributed by atoms with Gasteiger partial charge in [0.2, 0.25) is 0 Å². The van der Waals surface area contributed by atoms with Crippen molar-refractivity contribution in [2.75, 3.05) is 0 Å². The van der Waals surface area contributed by atoms with Gasteiger partial charge in [-0.1, -0.05) is 190 Å². The number of hydrogen-bond acceptors (Lipinski definition) is 0. The summed E-state index contributed by atoms with van der Waals surface area (Å²) in [5.41, 5.74) is 12.6. The standard InChI is InChI=1S/C57H42N2Si/c1-57(2)51-28-13-9-24-45(51)49-36-37-50-48-27-12-16-31-54(48)59(56(50)55(49)57)40-18-17-23-44(38-40)60(41-19-5-3-6-20-41,42-21-7-4-8-22-42)43-34-32-39(33-35-43)58-52-29-14-10-25-46(52)47-26-11-15-30-53(47)58/h3-38H,1-2H3. The molecule has 2 aromatic heterocycles. The van der Waals surface area contributed by atoms with Crippen LogP contribution in [0.1, 0.15) is 25.0 Å². The summed E-state index contributed by atoms with van der Waals surface area (Å²) in [5.74, 6) is 0. The largest absolute Gasteiger partial charge is 0.309 e. The summed E-state index contributed by atoms with van der Waals surface area (Å²) in [7, 11) is -2.92. The minimum Gasteiger partial charge on any atom is -0.309 e. The first kappa shape index (κ1) is 34.8. The van der Waals surface area contributed by atoms with Crippen LogP contribution in [0.25, 0.3) is 66.1 Å². The van der Waals surface area contributed by atoms with Crippen LogP contribution in [0, 0.1) is 0 Å². The molecule has 0 fully saturated rings. The third kappa shape index (κ3) is 4.81. The Morgan fingerprint density at radius 3 is 1.48 bits per heavy atom. The zero-order valence-electron chi connectivity index (χ0n) is 33.7. The van der Waals surface area contributed by atoms with E-state index in [0.29, 0.717) is 0 Å². The highest BCUT2D eigenvalue weighted by molar-refractivity contribution is 7.19. The van der Waals surface area contributed by atoms with Crippen LogP contribution in [0.2, 0.25) is 0 Å². The second kappa shape index (κ2) is 13.2. The fraction of sp³-hybridized carbons (Fsp3) is 0.0526. The van der Waals surface area contributed by atoms with Gasteiger partial charge in [0, 0.05) is 38.3 Å². The van der Waals surface area contributed by atoms with E-state index in [4.69, 9.17) is 0 Å². The lowest BCUT2D eigenvalue weighted by molar-refractivity contribution is 0.664. The Hall–Kier alpha value is -7.20. The third-order valence-corrected chi connectivity index (χ3v) is 18.2. The van der Waals surface area contributed by atoms with Gasteiger partial charge in [0.15, 0.2) is 8.07 Å². The van der Waals surface area contributed by atoms with Crippen LogP contribution in [-0.4, -0.2) is 17.2 Å². The first-order valence-electron chi connectivity index (χ1n) is 21.0. The van der Waals surface area contributed by atoms with Crippen molar-refractivity contribution in [2.24, 2.45) is 0 Å². The maximum Gasteiger partial charge on any atom is 0.179 e. The molecule has 2 heterocycles. The summed E-state index contributed by atoms with van der Waals surface area (Å²) in [4.78, 5) is 0. The molecule has 12 rings (SSSR count). The second-order valence-electron chi connectivity index (χ2n) is 16.9. The zero-order valence-corrected chi connectivity index (χ0v) is 34.7. The molecule has 1 aliphatic carbocycles. The van der Waals surface area contributed by atoms with Crippen LogP contribution >= 0.6 is 0 Å². The third-order valence-electron chi connectivity index (χ3n) is 13.4. The van der Waals surface area contributed by atoms with Gasteiger partial charge in [-0.05, 0) is 85.5 Å². The van der Waals surface area contributed by atoms with E-state index in [-0.39, 0.29) is 5.41 Å². The highest BCUT2D eigenvalue weighted by Crippen LogP contribution is 2.52. The quantitative estimate of drug-likeness (QED) is 0.117. The Labute approximate surface area is 351 Å². The number of aromatic nitrogens is 2. The molecule has 0 aliphatic heterocycles. The van der Waals surface area contributed by atoms with E-state index in [9.17, 15) is 0 Å². The second-order valence-corrected chi connectivity index (χ2v) is 20.7. The highest BCUT2D eigenvalue weighted by atomic mass is 28.3. The molecule has 0 radical (unpaired) electrons. The van der Waals surface area contributed by atoms with Crippen LogP contribution in [-0.2, 0) is 5.41 Å². The molecule has 0 atom stereocenters. The van der Waals surface area contributed by atoms with Crippen molar-refractivity contribution < 1.29 is 0 Å². The summed E-state index contributed by atoms with van der Waals surface area (Å²) in [6.07, 6.45) is 0. The Morgan fingerprint density at radius 2 is 0.850 bits per heavy atom. The minimum atomic E-state index is -2.92. The van der Waals surface area contributed by atoms with Crippen molar-refractivity contribution in [1.82, 2.24) is 9.13 Å². The minimum absolute atomic E-state index is 0.167. The molecule has 0 N–H and O–H groups in total. The van der Waals surface area contributed by atoms with E-state index < -0.39 is 8.07 Å². The van der Waals surface area contributed by atoms with Gasteiger partial charge < -0.3 is 9.13 Å². The lowest BCUT2D eigenvalue weighted by atomic mass is 9.81. The highest BCUT2D eigenvalue weighted by Gasteiger charge is 2.42. The fourth-order valence-corrected chi connectivity index (χ4v) is 15.7. The van der Waals surface area contributed by atoms with Gasteiger partial charge in [-0.3, -0.25) is 0 Å². The van der Waals surface area contributed by atoms with Gasteiger partial charge in [-0.25, -0.2) is 0 Å². The van der Waals surface area contributed by atoms with Gasteiger partial charge in [-0.2, -0.15) is 0 Å². The summed E-state index contributed by atoms with van der Waals surface area (Å²) in [6.45, 7) is 4.81. The van der Waals surface area contributed by atoms with Gasteiger partial charge in [-0.15, -0.1) is 0 Å². The molecule has 60 heavy (non-hydrogen) atoms. The van der Waals surface area contributed by atoms with Crippen molar-refractivity contribution in [3.05, 3.63) is 230 Å². The van der Waals surface area contributed by atoms with Gasteiger partial charge in [0.05, 0.1) is 22.1 Å². The van der Waals surface area contributed by atoms with Crippen molar-refractivity contribution in [3.8, 4) is 22.5 Å². The molecule has 0 bridgehead atoms. The van der Waals surface area contributed by atoms with Crippen molar-refractivity contribution in [1.29, 1.82) is 0 Å².